The molecule has 0 aromatic heterocycles. The highest BCUT2D eigenvalue weighted by Gasteiger charge is 2.29. The number of benzene rings is 2. The molecule has 1 unspecified atom stereocenters. The predicted molar refractivity (Wildman–Crippen MR) is 144 cm³/mol. The zero-order valence-corrected chi connectivity index (χ0v) is 21.5. The van der Waals surface area contributed by atoms with E-state index in [2.05, 4.69) is 93.3 Å². The van der Waals surface area contributed by atoms with E-state index in [0.29, 0.717) is 12.0 Å². The van der Waals surface area contributed by atoms with Crippen LogP contribution >= 0.6 is 0 Å². The van der Waals surface area contributed by atoms with Crippen LogP contribution in [0.3, 0.4) is 0 Å². The Bertz CT molecular complexity index is 908. The molecule has 34 heavy (non-hydrogen) atoms. The third-order valence-electron chi connectivity index (χ3n) is 6.77. The number of nitrogens with zero attached hydrogens (tertiary/aromatic N) is 2. The Hall–Kier alpha value is -2.59. The van der Waals surface area contributed by atoms with Crippen molar-refractivity contribution >= 4 is 11.6 Å². The summed E-state index contributed by atoms with van der Waals surface area (Å²) in [5, 5.41) is 0. The first kappa shape index (κ1) is 26.0. The molecular weight excluding hydrogens is 418 g/mol. The lowest BCUT2D eigenvalue weighted by molar-refractivity contribution is -0.134. The SMILES string of the molecule is CC(C)=CCN(c1ccc(CCc2ccccc2)cc1)C1CCN(C(=O)C(N)CC(C)C)CC1. The van der Waals surface area contributed by atoms with Crippen molar-refractivity contribution in [2.75, 3.05) is 24.5 Å². The fraction of sp³-hybridized carbons (Fsp3) is 0.500. The van der Waals surface area contributed by atoms with E-state index in [1.54, 1.807) is 0 Å². The first-order chi connectivity index (χ1) is 16.3. The summed E-state index contributed by atoms with van der Waals surface area (Å²) in [6, 6.07) is 19.8. The van der Waals surface area contributed by atoms with Gasteiger partial charge in [-0.15, -0.1) is 0 Å². The summed E-state index contributed by atoms with van der Waals surface area (Å²) in [6.45, 7) is 11.0. The number of allylic oxidation sites excluding steroid dienone is 1. The number of piperidine rings is 1. The van der Waals surface area contributed by atoms with E-state index in [0.717, 1.165) is 51.7 Å². The molecule has 1 heterocycles. The van der Waals surface area contributed by atoms with Crippen LogP contribution in [0.2, 0.25) is 0 Å². The van der Waals surface area contributed by atoms with Crippen LogP contribution in [0.4, 0.5) is 5.69 Å². The summed E-state index contributed by atoms with van der Waals surface area (Å²) in [4.78, 5) is 17.3. The lowest BCUT2D eigenvalue weighted by Crippen LogP contribution is -2.51. The van der Waals surface area contributed by atoms with Crippen LogP contribution < -0.4 is 10.6 Å². The van der Waals surface area contributed by atoms with Crippen LogP contribution in [0.25, 0.3) is 0 Å². The summed E-state index contributed by atoms with van der Waals surface area (Å²) >= 11 is 0. The highest BCUT2D eigenvalue weighted by Crippen LogP contribution is 2.25. The molecule has 0 aliphatic carbocycles. The number of hydrogen-bond acceptors (Lipinski definition) is 3. The molecular formula is C30H43N3O. The van der Waals surface area contributed by atoms with E-state index in [-0.39, 0.29) is 11.9 Å². The summed E-state index contributed by atoms with van der Waals surface area (Å²) in [5.41, 5.74) is 11.5. The highest BCUT2D eigenvalue weighted by atomic mass is 16.2. The normalized spacial score (nSPS) is 15.3. The standard InChI is InChI=1S/C30H43N3O/c1-23(2)16-21-33(28-17-19-32(20-18-28)30(34)29(31)22-24(3)4)27-14-12-26(13-15-27)11-10-25-8-6-5-7-9-25/h5-9,12-16,24,28-29H,10-11,17-22,31H2,1-4H3. The van der Waals surface area contributed by atoms with Crippen molar-refractivity contribution in [2.45, 2.75) is 71.9 Å². The lowest BCUT2D eigenvalue weighted by Gasteiger charge is -2.40. The van der Waals surface area contributed by atoms with Crippen LogP contribution in [0.1, 0.15) is 58.1 Å². The molecule has 1 amide bonds. The molecule has 2 aromatic rings. The number of nitrogens with two attached hydrogens (primary N) is 1. The van der Waals surface area contributed by atoms with Gasteiger partial charge in [-0.3, -0.25) is 4.79 Å². The first-order valence-electron chi connectivity index (χ1n) is 12.9. The maximum Gasteiger partial charge on any atom is 0.239 e. The van der Waals surface area contributed by atoms with Crippen molar-refractivity contribution in [1.29, 1.82) is 0 Å². The van der Waals surface area contributed by atoms with Gasteiger partial charge in [0.15, 0.2) is 0 Å². The third kappa shape index (κ3) is 7.73. The molecule has 1 aliphatic heterocycles. The minimum Gasteiger partial charge on any atom is -0.365 e. The number of rotatable bonds is 10. The second-order valence-electron chi connectivity index (χ2n) is 10.4. The molecule has 1 fully saturated rings. The van der Waals surface area contributed by atoms with E-state index in [4.69, 9.17) is 5.73 Å². The van der Waals surface area contributed by atoms with Crippen LogP contribution in [0, 0.1) is 5.92 Å². The highest BCUT2D eigenvalue weighted by molar-refractivity contribution is 5.81. The topological polar surface area (TPSA) is 49.6 Å². The third-order valence-corrected chi connectivity index (χ3v) is 6.77. The summed E-state index contributed by atoms with van der Waals surface area (Å²) in [7, 11) is 0. The molecule has 184 valence electrons. The molecule has 4 nitrogen and oxygen atoms in total. The number of aryl methyl sites for hydroxylation is 2. The van der Waals surface area contributed by atoms with Crippen LogP contribution in [0.15, 0.2) is 66.2 Å². The van der Waals surface area contributed by atoms with Gasteiger partial charge in [0.1, 0.15) is 0 Å². The second kappa shape index (κ2) is 12.8. The molecule has 0 radical (unpaired) electrons. The van der Waals surface area contributed by atoms with E-state index < -0.39 is 0 Å². The fourth-order valence-corrected chi connectivity index (χ4v) is 4.77. The molecule has 1 saturated heterocycles. The predicted octanol–water partition coefficient (Wildman–Crippen LogP) is 5.61. The van der Waals surface area contributed by atoms with Crippen LogP contribution in [-0.2, 0) is 17.6 Å². The maximum atomic E-state index is 12.8. The van der Waals surface area contributed by atoms with Gasteiger partial charge in [-0.05, 0) is 75.1 Å². The van der Waals surface area contributed by atoms with Gasteiger partial charge in [-0.25, -0.2) is 0 Å². The monoisotopic (exact) mass is 461 g/mol. The van der Waals surface area contributed by atoms with Crippen LogP contribution in [-0.4, -0.2) is 42.5 Å². The molecule has 3 rings (SSSR count). The Labute approximate surface area is 206 Å². The van der Waals surface area contributed by atoms with E-state index >= 15 is 0 Å². The number of carbonyl (C=O) groups is 1. The van der Waals surface area contributed by atoms with Gasteiger partial charge in [0.2, 0.25) is 5.91 Å². The summed E-state index contributed by atoms with van der Waals surface area (Å²) in [6.07, 6.45) is 7.13. The molecule has 0 saturated carbocycles. The zero-order valence-electron chi connectivity index (χ0n) is 21.5. The fourth-order valence-electron chi connectivity index (χ4n) is 4.77. The van der Waals surface area contributed by atoms with Gasteiger partial charge in [0, 0.05) is 31.4 Å². The molecule has 2 N–H and O–H groups in total. The molecule has 1 atom stereocenters. The summed E-state index contributed by atoms with van der Waals surface area (Å²) in [5.74, 6) is 0.553. The smallest absolute Gasteiger partial charge is 0.239 e. The molecule has 1 aliphatic rings. The van der Waals surface area contributed by atoms with Crippen molar-refractivity contribution in [1.82, 2.24) is 4.90 Å². The van der Waals surface area contributed by atoms with Crippen molar-refractivity contribution in [3.05, 3.63) is 77.4 Å². The Morgan fingerprint density at radius 3 is 2.15 bits per heavy atom. The Kier molecular flexibility index (Phi) is 9.76. The number of likely N-dealkylation sites (tertiary alicyclic amines) is 1. The van der Waals surface area contributed by atoms with Crippen molar-refractivity contribution < 1.29 is 4.79 Å². The van der Waals surface area contributed by atoms with Gasteiger partial charge in [-0.1, -0.05) is 68.0 Å². The first-order valence-corrected chi connectivity index (χ1v) is 12.9. The van der Waals surface area contributed by atoms with Gasteiger partial charge in [0.05, 0.1) is 6.04 Å². The Balaban J connectivity index is 1.63. The van der Waals surface area contributed by atoms with Gasteiger partial charge >= 0.3 is 0 Å². The van der Waals surface area contributed by atoms with Gasteiger partial charge < -0.3 is 15.5 Å². The van der Waals surface area contributed by atoms with E-state index in [1.807, 2.05) is 4.90 Å². The summed E-state index contributed by atoms with van der Waals surface area (Å²) < 4.78 is 0. The van der Waals surface area contributed by atoms with Crippen LogP contribution in [0.5, 0.6) is 0 Å². The largest absolute Gasteiger partial charge is 0.365 e. The quantitative estimate of drug-likeness (QED) is 0.468. The Morgan fingerprint density at radius 1 is 1.00 bits per heavy atom. The molecule has 2 aromatic carbocycles. The average molecular weight is 462 g/mol. The second-order valence-corrected chi connectivity index (χ2v) is 10.4. The lowest BCUT2D eigenvalue weighted by atomic mass is 9.98. The molecule has 0 spiro atoms. The maximum absolute atomic E-state index is 12.8. The molecule has 0 bridgehead atoms. The van der Waals surface area contributed by atoms with Crippen molar-refractivity contribution in [2.24, 2.45) is 11.7 Å². The van der Waals surface area contributed by atoms with Gasteiger partial charge in [-0.2, -0.15) is 0 Å². The number of anilines is 1. The average Bonchev–Trinajstić information content (AvgIpc) is 2.83. The number of amides is 1. The van der Waals surface area contributed by atoms with Gasteiger partial charge in [0.25, 0.3) is 0 Å². The minimum atomic E-state index is -0.373. The van der Waals surface area contributed by atoms with E-state index in [9.17, 15) is 4.79 Å². The Morgan fingerprint density at radius 2 is 1.59 bits per heavy atom. The number of hydrogen-bond donors (Lipinski definition) is 1. The number of carbonyl (C=O) groups excluding carboxylic acids is 1. The molecule has 4 heteroatoms. The van der Waals surface area contributed by atoms with E-state index in [1.165, 1.54) is 22.4 Å². The van der Waals surface area contributed by atoms with Crippen molar-refractivity contribution in [3.63, 3.8) is 0 Å². The van der Waals surface area contributed by atoms with Crippen molar-refractivity contribution in [3.8, 4) is 0 Å². The zero-order chi connectivity index (χ0) is 24.5. The minimum absolute atomic E-state index is 0.116.